The monoisotopic (exact) mass is 394 g/mol. The van der Waals surface area contributed by atoms with Crippen LogP contribution in [-0.2, 0) is 6.54 Å². The van der Waals surface area contributed by atoms with Gasteiger partial charge in [0.05, 0.1) is 12.5 Å². The Morgan fingerprint density at radius 3 is 2.56 bits per heavy atom. The first-order valence-electron chi connectivity index (χ1n) is 7.70. The molecule has 0 fully saturated rings. The molecule has 4 rings (SSSR count). The Hall–Kier alpha value is -2.79. The average molecular weight is 395 g/mol. The van der Waals surface area contributed by atoms with E-state index in [4.69, 9.17) is 4.42 Å². The molecule has 0 saturated carbocycles. The molecule has 2 aromatic heterocycles. The van der Waals surface area contributed by atoms with Crippen molar-refractivity contribution in [3.8, 4) is 11.5 Å². The predicted molar refractivity (Wildman–Crippen MR) is 90.4 cm³/mol. The lowest BCUT2D eigenvalue weighted by Crippen LogP contribution is -3.00. The number of carbonyl (C=O) groups is 1. The lowest BCUT2D eigenvalue weighted by Gasteiger charge is -2.03. The Morgan fingerprint density at radius 2 is 1.84 bits per heavy atom. The summed E-state index contributed by atoms with van der Waals surface area (Å²) in [5.41, 5.74) is 1.45. The summed E-state index contributed by atoms with van der Waals surface area (Å²) in [6.07, 6.45) is 5.10. The van der Waals surface area contributed by atoms with E-state index >= 15 is 0 Å². The molecule has 5 heteroatoms. The quantitative estimate of drug-likeness (QED) is 0.377. The van der Waals surface area contributed by atoms with Crippen molar-refractivity contribution in [3.63, 3.8) is 0 Å². The molecular formula is C20H15BrN2O2. The maximum atomic E-state index is 12.5. The summed E-state index contributed by atoms with van der Waals surface area (Å²) >= 11 is 0. The number of hydrogen-bond acceptors (Lipinski definition) is 3. The van der Waals surface area contributed by atoms with Crippen LogP contribution in [0.3, 0.4) is 0 Å². The van der Waals surface area contributed by atoms with Crippen molar-refractivity contribution in [1.82, 2.24) is 4.98 Å². The zero-order valence-corrected chi connectivity index (χ0v) is 14.9. The fraction of sp³-hybridized carbons (Fsp3) is 0.0500. The molecular weight excluding hydrogens is 380 g/mol. The van der Waals surface area contributed by atoms with Crippen LogP contribution in [0.2, 0.25) is 0 Å². The number of hydrogen-bond donors (Lipinski definition) is 0. The number of aromatic nitrogens is 2. The molecule has 124 valence electrons. The zero-order valence-electron chi connectivity index (χ0n) is 13.3. The van der Waals surface area contributed by atoms with Crippen LogP contribution in [0, 0.1) is 0 Å². The van der Waals surface area contributed by atoms with Gasteiger partial charge in [-0.3, -0.25) is 4.79 Å². The van der Waals surface area contributed by atoms with Crippen molar-refractivity contribution in [2.45, 2.75) is 6.54 Å². The lowest BCUT2D eigenvalue weighted by atomic mass is 10.0. The summed E-state index contributed by atoms with van der Waals surface area (Å²) < 4.78 is 7.08. The molecule has 0 aliphatic rings. The highest BCUT2D eigenvalue weighted by Gasteiger charge is 2.13. The van der Waals surface area contributed by atoms with Crippen LogP contribution in [0.25, 0.3) is 22.2 Å². The van der Waals surface area contributed by atoms with Gasteiger partial charge in [-0.05, 0) is 34.0 Å². The highest BCUT2D eigenvalue weighted by Crippen LogP contribution is 2.17. The van der Waals surface area contributed by atoms with Gasteiger partial charge >= 0.3 is 0 Å². The Balaban J connectivity index is 0.00000182. The summed E-state index contributed by atoms with van der Waals surface area (Å²) in [6.45, 7) is 0.254. The minimum absolute atomic E-state index is 0. The topological polar surface area (TPSA) is 47.0 Å². The lowest BCUT2D eigenvalue weighted by molar-refractivity contribution is -0.686. The van der Waals surface area contributed by atoms with Crippen molar-refractivity contribution in [2.75, 3.05) is 0 Å². The fourth-order valence-electron chi connectivity index (χ4n) is 2.67. The van der Waals surface area contributed by atoms with Crippen molar-refractivity contribution in [1.29, 1.82) is 0 Å². The Kier molecular flexibility index (Phi) is 5.05. The van der Waals surface area contributed by atoms with Crippen LogP contribution < -0.4 is 21.5 Å². The first-order valence-corrected chi connectivity index (χ1v) is 7.70. The summed E-state index contributed by atoms with van der Waals surface area (Å²) in [7, 11) is 0. The first-order chi connectivity index (χ1) is 11.8. The highest BCUT2D eigenvalue weighted by atomic mass is 79.9. The van der Waals surface area contributed by atoms with Gasteiger partial charge in [-0.25, -0.2) is 4.57 Å². The van der Waals surface area contributed by atoms with Crippen LogP contribution in [0.4, 0.5) is 0 Å². The van der Waals surface area contributed by atoms with Crippen molar-refractivity contribution < 1.29 is 30.8 Å². The standard InChI is InChI=1S/C20H15N2O2.BrH/c23-19(17-8-7-15-4-1-2-5-16(15)12-17)13-22-10-9-18(21-14-22)20-6-3-11-24-20;/h1-12,14H,13H2;1H/q+1;/p-1. The minimum atomic E-state index is 0. The van der Waals surface area contributed by atoms with E-state index in [1.54, 1.807) is 17.2 Å². The number of carbonyl (C=O) groups excluding carboxylic acids is 1. The molecule has 25 heavy (non-hydrogen) atoms. The molecule has 4 nitrogen and oxygen atoms in total. The van der Waals surface area contributed by atoms with E-state index < -0.39 is 0 Å². The van der Waals surface area contributed by atoms with Gasteiger partial charge in [0.15, 0.2) is 12.3 Å². The van der Waals surface area contributed by atoms with Crippen molar-refractivity contribution in [2.24, 2.45) is 0 Å². The van der Waals surface area contributed by atoms with Gasteiger partial charge in [0.2, 0.25) is 11.5 Å². The fourth-order valence-corrected chi connectivity index (χ4v) is 2.67. The second kappa shape index (κ2) is 7.40. The maximum absolute atomic E-state index is 12.5. The van der Waals surface area contributed by atoms with E-state index in [-0.39, 0.29) is 29.3 Å². The molecule has 0 unspecified atom stereocenters. The third-order valence-electron chi connectivity index (χ3n) is 3.94. The zero-order chi connectivity index (χ0) is 16.4. The predicted octanol–water partition coefficient (Wildman–Crippen LogP) is 0.669. The number of nitrogens with zero attached hydrogens (tertiary/aromatic N) is 2. The number of ketones is 1. The van der Waals surface area contributed by atoms with Crippen LogP contribution in [0.5, 0.6) is 0 Å². The normalized spacial score (nSPS) is 10.4. The van der Waals surface area contributed by atoms with E-state index in [1.165, 1.54) is 0 Å². The maximum Gasteiger partial charge on any atom is 0.287 e. The number of furan rings is 1. The van der Waals surface area contributed by atoms with Crippen LogP contribution in [0.1, 0.15) is 10.4 Å². The summed E-state index contributed by atoms with van der Waals surface area (Å²) in [6, 6.07) is 19.3. The molecule has 2 aromatic carbocycles. The molecule has 2 heterocycles. The van der Waals surface area contributed by atoms with Gasteiger partial charge in [-0.2, -0.15) is 0 Å². The molecule has 0 radical (unpaired) electrons. The van der Waals surface area contributed by atoms with Crippen LogP contribution >= 0.6 is 0 Å². The molecule has 0 spiro atoms. The first kappa shape index (κ1) is 17.0. The SMILES string of the molecule is O=C(C[n+]1ccc(-c2ccco2)nc1)c1ccc2ccccc2c1.[Br-]. The molecule has 0 bridgehead atoms. The summed E-state index contributed by atoms with van der Waals surface area (Å²) in [4.78, 5) is 16.8. The number of benzene rings is 2. The van der Waals surface area contributed by atoms with E-state index in [2.05, 4.69) is 4.98 Å². The number of halogens is 1. The third kappa shape index (κ3) is 3.67. The van der Waals surface area contributed by atoms with Gasteiger partial charge in [0, 0.05) is 11.6 Å². The number of fused-ring (bicyclic) bond motifs is 1. The second-order valence-electron chi connectivity index (χ2n) is 5.58. The van der Waals surface area contributed by atoms with Crippen LogP contribution in [0.15, 0.2) is 83.9 Å². The van der Waals surface area contributed by atoms with Gasteiger partial charge in [0.25, 0.3) is 6.33 Å². The third-order valence-corrected chi connectivity index (χ3v) is 3.94. The Bertz CT molecular complexity index is 996. The van der Waals surface area contributed by atoms with Gasteiger partial charge < -0.3 is 21.4 Å². The average Bonchev–Trinajstić information content (AvgIpc) is 3.16. The van der Waals surface area contributed by atoms with Crippen molar-refractivity contribution in [3.05, 3.63) is 85.0 Å². The summed E-state index contributed by atoms with van der Waals surface area (Å²) in [5.74, 6) is 0.765. The summed E-state index contributed by atoms with van der Waals surface area (Å²) in [5, 5.41) is 2.20. The second-order valence-corrected chi connectivity index (χ2v) is 5.58. The van der Waals surface area contributed by atoms with Gasteiger partial charge in [0.1, 0.15) is 0 Å². The number of rotatable bonds is 4. The molecule has 0 aliphatic carbocycles. The molecule has 4 aromatic rings. The van der Waals surface area contributed by atoms with Crippen molar-refractivity contribution >= 4 is 16.6 Å². The Labute approximate surface area is 155 Å². The smallest absolute Gasteiger partial charge is 0.287 e. The van der Waals surface area contributed by atoms with E-state index in [9.17, 15) is 4.79 Å². The molecule has 0 saturated heterocycles. The van der Waals surface area contributed by atoms with Gasteiger partial charge in [-0.1, -0.05) is 36.4 Å². The van der Waals surface area contributed by atoms with E-state index in [0.29, 0.717) is 11.3 Å². The largest absolute Gasteiger partial charge is 1.00 e. The Morgan fingerprint density at radius 1 is 1.00 bits per heavy atom. The molecule has 0 atom stereocenters. The van der Waals surface area contributed by atoms with Crippen LogP contribution in [-0.4, -0.2) is 10.8 Å². The van der Waals surface area contributed by atoms with E-state index in [0.717, 1.165) is 16.5 Å². The number of Topliss-reactive ketones (excluding diaryl/α,β-unsaturated/α-hetero) is 1. The molecule has 0 N–H and O–H groups in total. The molecule has 0 amide bonds. The molecule has 0 aliphatic heterocycles. The van der Waals surface area contributed by atoms with E-state index in [1.807, 2.05) is 66.9 Å². The highest BCUT2D eigenvalue weighted by molar-refractivity contribution is 5.99. The minimum Gasteiger partial charge on any atom is -1.00 e. The van der Waals surface area contributed by atoms with Gasteiger partial charge in [-0.15, -0.1) is 0 Å².